The summed E-state index contributed by atoms with van der Waals surface area (Å²) in [6.07, 6.45) is 1.78. The van der Waals surface area contributed by atoms with Crippen LogP contribution in [0, 0.1) is 5.92 Å². The largest absolute Gasteiger partial charge is 0.466 e. The average Bonchev–Trinajstić information content (AvgIpc) is 2.49. The first-order chi connectivity index (χ1) is 7.47. The monoisotopic (exact) mass is 225 g/mol. The quantitative estimate of drug-likeness (QED) is 0.398. The lowest BCUT2D eigenvalue weighted by molar-refractivity contribution is -0.139. The summed E-state index contributed by atoms with van der Waals surface area (Å²) < 4.78 is 4.51. The Morgan fingerprint density at radius 3 is 2.62 bits per heavy atom. The molecule has 1 fully saturated rings. The molecule has 1 atom stereocenters. The first-order valence-electron chi connectivity index (χ1n) is 5.06. The van der Waals surface area contributed by atoms with E-state index < -0.39 is 5.97 Å². The summed E-state index contributed by atoms with van der Waals surface area (Å²) in [5.41, 5.74) is 0.391. The van der Waals surface area contributed by atoms with E-state index in [4.69, 9.17) is 0 Å². The first-order valence-corrected chi connectivity index (χ1v) is 5.06. The zero-order valence-electron chi connectivity index (χ0n) is 9.65. The lowest BCUT2D eigenvalue weighted by Crippen LogP contribution is -2.30. The van der Waals surface area contributed by atoms with E-state index in [0.29, 0.717) is 5.57 Å². The van der Waals surface area contributed by atoms with Crippen LogP contribution < -0.4 is 0 Å². The molecule has 0 bridgehead atoms. The van der Waals surface area contributed by atoms with Crippen molar-refractivity contribution in [3.63, 3.8) is 0 Å². The molecule has 1 heterocycles. The molecule has 5 nitrogen and oxygen atoms in total. The summed E-state index contributed by atoms with van der Waals surface area (Å²) in [4.78, 5) is 35.2. The predicted molar refractivity (Wildman–Crippen MR) is 56.3 cm³/mol. The topological polar surface area (TPSA) is 63.7 Å². The molecular weight excluding hydrogens is 210 g/mol. The van der Waals surface area contributed by atoms with Crippen LogP contribution >= 0.6 is 0 Å². The lowest BCUT2D eigenvalue weighted by Gasteiger charge is -2.11. The van der Waals surface area contributed by atoms with Crippen molar-refractivity contribution in [3.8, 4) is 0 Å². The van der Waals surface area contributed by atoms with E-state index >= 15 is 0 Å². The minimum absolute atomic E-state index is 0.142. The molecule has 0 spiro atoms. The van der Waals surface area contributed by atoms with Crippen molar-refractivity contribution in [2.24, 2.45) is 5.92 Å². The number of carbonyl (C=O) groups is 3. The number of nitrogens with zero attached hydrogens (tertiary/aromatic N) is 1. The van der Waals surface area contributed by atoms with Crippen LogP contribution in [-0.4, -0.2) is 36.3 Å². The Morgan fingerprint density at radius 2 is 2.19 bits per heavy atom. The van der Waals surface area contributed by atoms with Crippen LogP contribution in [0.1, 0.15) is 20.3 Å². The third-order valence-corrected chi connectivity index (χ3v) is 2.56. The normalized spacial score (nSPS) is 21.6. The zero-order chi connectivity index (χ0) is 12.3. The molecule has 1 rings (SSSR count). The molecule has 0 saturated carbocycles. The Hall–Kier alpha value is -1.65. The highest BCUT2D eigenvalue weighted by atomic mass is 16.5. The van der Waals surface area contributed by atoms with Crippen LogP contribution in [0.3, 0.4) is 0 Å². The van der Waals surface area contributed by atoms with Gasteiger partial charge < -0.3 is 4.74 Å². The summed E-state index contributed by atoms with van der Waals surface area (Å²) in [6.45, 7) is 3.44. The molecule has 1 aliphatic heterocycles. The first kappa shape index (κ1) is 12.4. The van der Waals surface area contributed by atoms with Crippen molar-refractivity contribution in [2.75, 3.05) is 13.7 Å². The summed E-state index contributed by atoms with van der Waals surface area (Å²) in [6, 6.07) is 0. The van der Waals surface area contributed by atoms with Gasteiger partial charge in [0.05, 0.1) is 7.11 Å². The third-order valence-electron chi connectivity index (χ3n) is 2.56. The average molecular weight is 225 g/mol. The molecule has 1 saturated heterocycles. The van der Waals surface area contributed by atoms with Crippen molar-refractivity contribution >= 4 is 17.8 Å². The van der Waals surface area contributed by atoms with Gasteiger partial charge in [0, 0.05) is 24.5 Å². The van der Waals surface area contributed by atoms with Gasteiger partial charge in [0.25, 0.3) is 0 Å². The van der Waals surface area contributed by atoms with Crippen molar-refractivity contribution in [2.45, 2.75) is 20.3 Å². The van der Waals surface area contributed by atoms with Gasteiger partial charge in [-0.1, -0.05) is 13.0 Å². The van der Waals surface area contributed by atoms with Crippen LogP contribution in [0.4, 0.5) is 0 Å². The van der Waals surface area contributed by atoms with E-state index in [1.165, 1.54) is 13.2 Å². The summed E-state index contributed by atoms with van der Waals surface area (Å²) in [7, 11) is 1.29. The summed E-state index contributed by atoms with van der Waals surface area (Å²) >= 11 is 0. The molecule has 2 amide bonds. The van der Waals surface area contributed by atoms with Crippen LogP contribution in [0.15, 0.2) is 11.6 Å². The molecule has 5 heteroatoms. The van der Waals surface area contributed by atoms with E-state index in [-0.39, 0.29) is 30.7 Å². The van der Waals surface area contributed by atoms with E-state index in [0.717, 1.165) is 4.90 Å². The van der Waals surface area contributed by atoms with E-state index in [9.17, 15) is 14.4 Å². The van der Waals surface area contributed by atoms with Gasteiger partial charge in [-0.3, -0.25) is 14.5 Å². The van der Waals surface area contributed by atoms with Gasteiger partial charge in [-0.05, 0) is 6.92 Å². The molecule has 88 valence electrons. The molecule has 0 aliphatic carbocycles. The fourth-order valence-electron chi connectivity index (χ4n) is 1.51. The Morgan fingerprint density at radius 1 is 1.56 bits per heavy atom. The van der Waals surface area contributed by atoms with Gasteiger partial charge in [-0.25, -0.2) is 4.79 Å². The summed E-state index contributed by atoms with van der Waals surface area (Å²) in [5, 5.41) is 0. The van der Waals surface area contributed by atoms with Crippen molar-refractivity contribution in [3.05, 3.63) is 11.6 Å². The maximum atomic E-state index is 11.5. The number of rotatable bonds is 3. The Kier molecular flexibility index (Phi) is 3.82. The third kappa shape index (κ3) is 2.48. The van der Waals surface area contributed by atoms with Crippen LogP contribution in [0.2, 0.25) is 0 Å². The second kappa shape index (κ2) is 4.92. The highest BCUT2D eigenvalue weighted by Gasteiger charge is 2.34. The lowest BCUT2D eigenvalue weighted by atomic mass is 10.1. The maximum Gasteiger partial charge on any atom is 0.333 e. The van der Waals surface area contributed by atoms with Crippen molar-refractivity contribution in [1.82, 2.24) is 4.90 Å². The van der Waals surface area contributed by atoms with Crippen LogP contribution in [0.25, 0.3) is 0 Å². The fourth-order valence-corrected chi connectivity index (χ4v) is 1.51. The number of methoxy groups -OCH3 is 1. The van der Waals surface area contributed by atoms with Crippen LogP contribution in [0.5, 0.6) is 0 Å². The molecule has 16 heavy (non-hydrogen) atoms. The number of hydrogen-bond acceptors (Lipinski definition) is 4. The maximum absolute atomic E-state index is 11.5. The highest BCUT2D eigenvalue weighted by Crippen LogP contribution is 2.18. The molecule has 1 aliphatic rings. The highest BCUT2D eigenvalue weighted by molar-refractivity contribution is 6.03. The number of amides is 2. The Labute approximate surface area is 94.1 Å². The number of esters is 1. The number of hydrogen-bond donors (Lipinski definition) is 0. The summed E-state index contributed by atoms with van der Waals surface area (Å²) in [5.74, 6) is -1.07. The number of likely N-dealkylation sites (tertiary alicyclic amines) is 1. The van der Waals surface area contributed by atoms with Crippen molar-refractivity contribution in [1.29, 1.82) is 0 Å². The second-order valence-corrected chi connectivity index (χ2v) is 3.83. The van der Waals surface area contributed by atoms with Crippen LogP contribution in [-0.2, 0) is 19.1 Å². The van der Waals surface area contributed by atoms with E-state index in [2.05, 4.69) is 4.74 Å². The second-order valence-electron chi connectivity index (χ2n) is 3.83. The van der Waals surface area contributed by atoms with Gasteiger partial charge in [0.1, 0.15) is 0 Å². The van der Waals surface area contributed by atoms with Gasteiger partial charge in [0.15, 0.2) is 0 Å². The molecule has 0 aromatic rings. The smallest absolute Gasteiger partial charge is 0.333 e. The van der Waals surface area contributed by atoms with Gasteiger partial charge in [-0.2, -0.15) is 0 Å². The SMILES string of the molecule is COC(=O)C(C)=CCN1C(=O)CC(C)C1=O. The van der Waals surface area contributed by atoms with Gasteiger partial charge in [-0.15, -0.1) is 0 Å². The van der Waals surface area contributed by atoms with Gasteiger partial charge >= 0.3 is 5.97 Å². The van der Waals surface area contributed by atoms with Crippen molar-refractivity contribution < 1.29 is 19.1 Å². The zero-order valence-corrected chi connectivity index (χ0v) is 9.65. The van der Waals surface area contributed by atoms with E-state index in [1.807, 2.05) is 0 Å². The standard InChI is InChI=1S/C11H15NO4/c1-7(11(15)16-3)4-5-12-9(13)6-8(2)10(12)14/h4,8H,5-6H2,1-3H3. The number of imide groups is 1. The minimum atomic E-state index is -0.452. The Bertz CT molecular complexity index is 359. The van der Waals surface area contributed by atoms with Gasteiger partial charge in [0.2, 0.25) is 11.8 Å². The molecule has 0 N–H and O–H groups in total. The molecule has 0 aromatic heterocycles. The molecular formula is C11H15NO4. The molecule has 1 unspecified atom stereocenters. The van der Waals surface area contributed by atoms with E-state index in [1.54, 1.807) is 13.8 Å². The number of ether oxygens (including phenoxy) is 1. The number of carbonyl (C=O) groups excluding carboxylic acids is 3. The predicted octanol–water partition coefficient (Wildman–Crippen LogP) is 0.501. The fraction of sp³-hybridized carbons (Fsp3) is 0.545. The molecule has 0 aromatic carbocycles. The minimum Gasteiger partial charge on any atom is -0.466 e. The molecule has 0 radical (unpaired) electrons. The Balaban J connectivity index is 2.65.